The fraction of sp³-hybridized carbons (Fsp3) is 0.385. The number of ether oxygens (including phenoxy) is 1. The van der Waals surface area contributed by atoms with E-state index < -0.39 is 5.97 Å². The molecule has 86 valence electrons. The molecule has 0 radical (unpaired) electrons. The average Bonchev–Trinajstić information content (AvgIpc) is 2.27. The smallest absolute Gasteiger partial charge is 0.338 e. The molecule has 0 saturated carbocycles. The molecule has 0 aliphatic carbocycles. The van der Waals surface area contributed by atoms with Crippen LogP contribution in [0.5, 0.6) is 0 Å². The number of hydrogen-bond acceptors (Lipinski definition) is 3. The van der Waals surface area contributed by atoms with E-state index in [1.807, 2.05) is 13.8 Å². The van der Waals surface area contributed by atoms with Gasteiger partial charge in [0.1, 0.15) is 0 Å². The van der Waals surface area contributed by atoms with E-state index in [0.717, 1.165) is 0 Å². The highest BCUT2D eigenvalue weighted by Crippen LogP contribution is 2.15. The molecule has 0 aliphatic rings. The summed E-state index contributed by atoms with van der Waals surface area (Å²) in [6.45, 7) is 3.94. The van der Waals surface area contributed by atoms with Crippen LogP contribution < -0.4 is 0 Å². The Morgan fingerprint density at radius 3 is 2.25 bits per heavy atom. The van der Waals surface area contributed by atoms with Crippen LogP contribution >= 0.6 is 0 Å². The molecule has 1 rings (SSSR count). The third kappa shape index (κ3) is 2.92. The fourth-order valence-corrected chi connectivity index (χ4v) is 1.49. The Bertz CT molecular complexity index is 394. The summed E-state index contributed by atoms with van der Waals surface area (Å²) in [5.74, 6) is -0.207. The van der Waals surface area contributed by atoms with Gasteiger partial charge < -0.3 is 4.74 Å². The lowest BCUT2D eigenvalue weighted by molar-refractivity contribution is 0.0596. The zero-order valence-corrected chi connectivity index (χ0v) is 9.82. The molecule has 0 aliphatic heterocycles. The Kier molecular flexibility index (Phi) is 4.23. The van der Waals surface area contributed by atoms with E-state index >= 15 is 0 Å². The monoisotopic (exact) mass is 220 g/mol. The number of carbonyl (C=O) groups excluding carboxylic acids is 2. The molecule has 0 aromatic heterocycles. The number of hydrogen-bond donors (Lipinski definition) is 0. The Balaban J connectivity index is 3.03. The van der Waals surface area contributed by atoms with Gasteiger partial charge in [-0.25, -0.2) is 4.79 Å². The third-order valence-electron chi connectivity index (χ3n) is 2.23. The summed E-state index contributed by atoms with van der Waals surface area (Å²) in [4.78, 5) is 23.3. The molecule has 0 fully saturated rings. The van der Waals surface area contributed by atoms with E-state index in [0.29, 0.717) is 17.5 Å². The molecule has 0 heterocycles. The molecule has 3 nitrogen and oxygen atoms in total. The van der Waals surface area contributed by atoms with E-state index in [2.05, 4.69) is 4.74 Å². The molecule has 0 bridgehead atoms. The fourth-order valence-electron chi connectivity index (χ4n) is 1.49. The maximum atomic E-state index is 11.9. The van der Waals surface area contributed by atoms with Gasteiger partial charge in [0, 0.05) is 12.0 Å². The Labute approximate surface area is 95.4 Å². The number of rotatable bonds is 4. The summed E-state index contributed by atoms with van der Waals surface area (Å²) in [7, 11) is 1.31. The van der Waals surface area contributed by atoms with Crippen molar-refractivity contribution in [3.05, 3.63) is 35.4 Å². The van der Waals surface area contributed by atoms with Crippen LogP contribution in [0.4, 0.5) is 0 Å². The Hall–Kier alpha value is -1.64. The maximum Gasteiger partial charge on any atom is 0.338 e. The highest BCUT2D eigenvalue weighted by molar-refractivity contribution is 6.06. The van der Waals surface area contributed by atoms with Crippen molar-refractivity contribution >= 4 is 11.8 Å². The van der Waals surface area contributed by atoms with Gasteiger partial charge >= 0.3 is 5.97 Å². The van der Waals surface area contributed by atoms with Crippen molar-refractivity contribution in [2.75, 3.05) is 7.11 Å². The van der Waals surface area contributed by atoms with Crippen LogP contribution in [0.15, 0.2) is 24.3 Å². The molecule has 0 unspecified atom stereocenters. The molecule has 1 aromatic rings. The van der Waals surface area contributed by atoms with Crippen LogP contribution in [-0.2, 0) is 4.74 Å². The van der Waals surface area contributed by atoms with Gasteiger partial charge in [-0.05, 0) is 12.0 Å². The number of methoxy groups -OCH3 is 1. The molecule has 16 heavy (non-hydrogen) atoms. The minimum atomic E-state index is -0.465. The number of carbonyl (C=O) groups is 2. The van der Waals surface area contributed by atoms with Gasteiger partial charge in [-0.15, -0.1) is 0 Å². The molecule has 0 N–H and O–H groups in total. The van der Waals surface area contributed by atoms with Gasteiger partial charge in [0.2, 0.25) is 0 Å². The molecule has 0 atom stereocenters. The van der Waals surface area contributed by atoms with Crippen LogP contribution in [0.3, 0.4) is 0 Å². The van der Waals surface area contributed by atoms with Crippen LogP contribution in [0.1, 0.15) is 41.0 Å². The van der Waals surface area contributed by atoms with E-state index in [1.165, 1.54) is 7.11 Å². The lowest BCUT2D eigenvalue weighted by Crippen LogP contribution is -2.11. The molecule has 0 saturated heterocycles. The summed E-state index contributed by atoms with van der Waals surface area (Å²) in [5.41, 5.74) is 0.790. The van der Waals surface area contributed by atoms with Gasteiger partial charge in [0.15, 0.2) is 5.78 Å². The molecular formula is C13H16O3. The van der Waals surface area contributed by atoms with Gasteiger partial charge in [0.25, 0.3) is 0 Å². The Morgan fingerprint density at radius 1 is 1.19 bits per heavy atom. The lowest BCUT2D eigenvalue weighted by atomic mass is 9.97. The SMILES string of the molecule is COC(=O)c1ccccc1C(=O)CC(C)C. The van der Waals surface area contributed by atoms with E-state index in [-0.39, 0.29) is 11.7 Å². The van der Waals surface area contributed by atoms with Crippen LogP contribution in [0.2, 0.25) is 0 Å². The predicted molar refractivity (Wildman–Crippen MR) is 61.6 cm³/mol. The highest BCUT2D eigenvalue weighted by atomic mass is 16.5. The molecule has 3 heteroatoms. The summed E-state index contributed by atoms with van der Waals surface area (Å²) < 4.78 is 4.64. The second kappa shape index (κ2) is 5.45. The van der Waals surface area contributed by atoms with Crippen molar-refractivity contribution in [2.24, 2.45) is 5.92 Å². The minimum absolute atomic E-state index is 0.0176. The van der Waals surface area contributed by atoms with Crippen molar-refractivity contribution in [2.45, 2.75) is 20.3 Å². The van der Waals surface area contributed by atoms with Crippen LogP contribution in [-0.4, -0.2) is 18.9 Å². The second-order valence-electron chi connectivity index (χ2n) is 4.06. The van der Waals surface area contributed by atoms with Crippen molar-refractivity contribution < 1.29 is 14.3 Å². The van der Waals surface area contributed by atoms with Crippen LogP contribution in [0.25, 0.3) is 0 Å². The molecule has 0 amide bonds. The number of benzene rings is 1. The standard InChI is InChI=1S/C13H16O3/c1-9(2)8-12(14)10-6-4-5-7-11(10)13(15)16-3/h4-7,9H,8H2,1-3H3. The quantitative estimate of drug-likeness (QED) is 0.578. The Morgan fingerprint density at radius 2 is 1.75 bits per heavy atom. The average molecular weight is 220 g/mol. The van der Waals surface area contributed by atoms with Crippen LogP contribution in [0, 0.1) is 5.92 Å². The van der Waals surface area contributed by atoms with Gasteiger partial charge in [0.05, 0.1) is 12.7 Å². The first-order valence-electron chi connectivity index (χ1n) is 5.26. The first-order chi connectivity index (χ1) is 7.56. The predicted octanol–water partition coefficient (Wildman–Crippen LogP) is 2.70. The number of ketones is 1. The lowest BCUT2D eigenvalue weighted by Gasteiger charge is -2.08. The van der Waals surface area contributed by atoms with Gasteiger partial charge in [-0.2, -0.15) is 0 Å². The second-order valence-corrected chi connectivity index (χ2v) is 4.06. The zero-order valence-electron chi connectivity index (χ0n) is 9.82. The first kappa shape index (κ1) is 12.4. The minimum Gasteiger partial charge on any atom is -0.465 e. The first-order valence-corrected chi connectivity index (χ1v) is 5.26. The molecule has 0 spiro atoms. The summed E-state index contributed by atoms with van der Waals surface area (Å²) in [6.07, 6.45) is 0.438. The van der Waals surface area contributed by atoms with E-state index in [4.69, 9.17) is 0 Å². The maximum absolute atomic E-state index is 11.9. The van der Waals surface area contributed by atoms with Crippen molar-refractivity contribution in [1.82, 2.24) is 0 Å². The largest absolute Gasteiger partial charge is 0.465 e. The van der Waals surface area contributed by atoms with Gasteiger partial charge in [-0.3, -0.25) is 4.79 Å². The summed E-state index contributed by atoms with van der Waals surface area (Å²) in [6, 6.07) is 6.74. The van der Waals surface area contributed by atoms with E-state index in [9.17, 15) is 9.59 Å². The van der Waals surface area contributed by atoms with Crippen molar-refractivity contribution in [3.8, 4) is 0 Å². The highest BCUT2D eigenvalue weighted by Gasteiger charge is 2.17. The zero-order chi connectivity index (χ0) is 12.1. The normalized spacial score (nSPS) is 10.2. The van der Waals surface area contributed by atoms with Crippen molar-refractivity contribution in [1.29, 1.82) is 0 Å². The third-order valence-corrected chi connectivity index (χ3v) is 2.23. The summed E-state index contributed by atoms with van der Waals surface area (Å²) in [5, 5.41) is 0. The molecular weight excluding hydrogens is 204 g/mol. The summed E-state index contributed by atoms with van der Waals surface area (Å²) >= 11 is 0. The number of esters is 1. The molecule has 1 aromatic carbocycles. The van der Waals surface area contributed by atoms with Crippen molar-refractivity contribution in [3.63, 3.8) is 0 Å². The van der Waals surface area contributed by atoms with E-state index in [1.54, 1.807) is 24.3 Å². The van der Waals surface area contributed by atoms with Gasteiger partial charge in [-0.1, -0.05) is 32.0 Å². The topological polar surface area (TPSA) is 43.4 Å². The number of Topliss-reactive ketones (excluding diaryl/α,β-unsaturated/α-hetero) is 1.